The Morgan fingerprint density at radius 3 is 2.79 bits per heavy atom. The normalized spacial score (nSPS) is 15.6. The number of hydrogen-bond acceptors (Lipinski definition) is 7. The van der Waals surface area contributed by atoms with Crippen LogP contribution in [0.3, 0.4) is 0 Å². The molecular formula is C20H17FN4O2S2. The number of methoxy groups -OCH3 is 1. The van der Waals surface area contributed by atoms with Gasteiger partial charge in [0.05, 0.1) is 17.5 Å². The van der Waals surface area contributed by atoms with Crippen molar-refractivity contribution in [1.82, 2.24) is 9.55 Å². The number of nitrogens with zero attached hydrogens (tertiary/aromatic N) is 3. The van der Waals surface area contributed by atoms with Crippen LogP contribution >= 0.6 is 23.1 Å². The molecule has 4 rings (SSSR count). The molecule has 0 spiro atoms. The van der Waals surface area contributed by atoms with E-state index in [9.17, 15) is 9.18 Å². The number of aromatic nitrogens is 2. The second kappa shape index (κ2) is 7.84. The van der Waals surface area contributed by atoms with E-state index in [0.29, 0.717) is 4.53 Å². The summed E-state index contributed by atoms with van der Waals surface area (Å²) in [5.41, 5.74) is 1.88. The molecule has 6 nitrogen and oxygen atoms in total. The predicted octanol–water partition coefficient (Wildman–Crippen LogP) is 1.87. The molecule has 1 aromatic carbocycles. The number of pyridine rings is 1. The third-order valence-electron chi connectivity index (χ3n) is 4.46. The van der Waals surface area contributed by atoms with Gasteiger partial charge in [-0.1, -0.05) is 11.8 Å². The van der Waals surface area contributed by atoms with E-state index < -0.39 is 5.97 Å². The van der Waals surface area contributed by atoms with Gasteiger partial charge < -0.3 is 14.2 Å². The molecule has 0 aliphatic carbocycles. The number of anilines is 1. The van der Waals surface area contributed by atoms with Gasteiger partial charge in [-0.25, -0.2) is 4.39 Å². The lowest BCUT2D eigenvalue weighted by molar-refractivity contribution is -0.141. The molecule has 3 aromatic rings. The molecule has 2 aromatic heterocycles. The molecule has 1 aliphatic rings. The zero-order valence-corrected chi connectivity index (χ0v) is 17.3. The Balaban J connectivity index is 1.93. The number of hydrogen-bond donors (Lipinski definition) is 1. The summed E-state index contributed by atoms with van der Waals surface area (Å²) in [6.07, 6.45) is 5.28. The number of carbonyl (C=O) groups is 1. The highest BCUT2D eigenvalue weighted by Crippen LogP contribution is 2.45. The number of halogens is 1. The maximum absolute atomic E-state index is 13.7. The van der Waals surface area contributed by atoms with E-state index >= 15 is 0 Å². The van der Waals surface area contributed by atoms with Crippen molar-refractivity contribution in [2.75, 3.05) is 19.1 Å². The average molecular weight is 429 g/mol. The second-order valence-corrected chi connectivity index (χ2v) is 8.34. The lowest BCUT2D eigenvalue weighted by atomic mass is 10.3. The molecule has 9 heteroatoms. The molecule has 1 N–H and O–H groups in total. The second-order valence-electron chi connectivity index (χ2n) is 6.28. The largest absolute Gasteiger partial charge is 0.468 e. The summed E-state index contributed by atoms with van der Waals surface area (Å²) in [5.74, 6) is -0.734. The fourth-order valence-corrected chi connectivity index (χ4v) is 5.39. The van der Waals surface area contributed by atoms with Gasteiger partial charge >= 0.3 is 5.97 Å². The van der Waals surface area contributed by atoms with Crippen molar-refractivity contribution in [2.24, 2.45) is 0 Å². The van der Waals surface area contributed by atoms with Crippen LogP contribution in [0, 0.1) is 11.2 Å². The molecule has 0 amide bonds. The van der Waals surface area contributed by atoms with Crippen LogP contribution in [0.2, 0.25) is 0 Å². The van der Waals surface area contributed by atoms with E-state index in [1.54, 1.807) is 23.0 Å². The lowest BCUT2D eigenvalue weighted by Gasteiger charge is -2.12. The van der Waals surface area contributed by atoms with Crippen LogP contribution in [0.5, 0.6) is 0 Å². The highest BCUT2D eigenvalue weighted by atomic mass is 32.2. The van der Waals surface area contributed by atoms with Crippen LogP contribution in [0.4, 0.5) is 10.1 Å². The van der Waals surface area contributed by atoms with Crippen molar-refractivity contribution in [3.05, 3.63) is 68.8 Å². The first-order chi connectivity index (χ1) is 14.0. The molecule has 1 aliphatic heterocycles. The summed E-state index contributed by atoms with van der Waals surface area (Å²) in [5, 5.41) is 9.53. The molecule has 0 saturated carbocycles. The Morgan fingerprint density at radius 1 is 1.31 bits per heavy atom. The quantitative estimate of drug-likeness (QED) is 0.645. The minimum absolute atomic E-state index is 0.0635. The first kappa shape index (κ1) is 19.4. The fourth-order valence-electron chi connectivity index (χ4n) is 2.97. The van der Waals surface area contributed by atoms with E-state index in [4.69, 9.17) is 10.1 Å². The minimum atomic E-state index is -0.431. The number of carbonyl (C=O) groups excluding carboxylic acids is 1. The number of benzene rings is 1. The van der Waals surface area contributed by atoms with Crippen LogP contribution in [-0.2, 0) is 16.1 Å². The average Bonchev–Trinajstić information content (AvgIpc) is 3.20. The minimum Gasteiger partial charge on any atom is -0.468 e. The van der Waals surface area contributed by atoms with Crippen molar-refractivity contribution < 1.29 is 13.9 Å². The summed E-state index contributed by atoms with van der Waals surface area (Å²) in [7, 11) is 3.18. The van der Waals surface area contributed by atoms with Crippen LogP contribution in [0.1, 0.15) is 5.56 Å². The summed E-state index contributed by atoms with van der Waals surface area (Å²) in [4.78, 5) is 18.8. The third-order valence-corrected chi connectivity index (χ3v) is 6.96. The maximum atomic E-state index is 13.7. The number of thioether (sulfide) groups is 1. The highest BCUT2D eigenvalue weighted by Gasteiger charge is 2.25. The molecule has 29 heavy (non-hydrogen) atoms. The van der Waals surface area contributed by atoms with Gasteiger partial charge in [0.25, 0.3) is 0 Å². The maximum Gasteiger partial charge on any atom is 0.325 e. The Bertz CT molecular complexity index is 1270. The van der Waals surface area contributed by atoms with Crippen molar-refractivity contribution in [3.63, 3.8) is 0 Å². The number of rotatable bonds is 3. The highest BCUT2D eigenvalue weighted by molar-refractivity contribution is 8.08. The smallest absolute Gasteiger partial charge is 0.325 e. The van der Waals surface area contributed by atoms with Gasteiger partial charge in [-0.15, -0.1) is 11.3 Å². The van der Waals surface area contributed by atoms with Gasteiger partial charge in [-0.2, -0.15) is 0 Å². The van der Waals surface area contributed by atoms with E-state index in [-0.39, 0.29) is 17.8 Å². The number of ether oxygens (including phenoxy) is 1. The Hall–Kier alpha value is -2.91. The standard InChI is InChI=1S/C20H17FN4O2S2/c1-24-14-10-13(21)3-4-15(14)28-20(24)18-19(22)25(11-17(26)27-2)16(29-18)9-12-5-7-23-8-6-12/h3-10,22H,11H2,1-2H3. The van der Waals surface area contributed by atoms with Crippen molar-refractivity contribution in [1.29, 1.82) is 5.41 Å². The number of fused-ring (bicyclic) bond motifs is 1. The van der Waals surface area contributed by atoms with E-state index in [1.807, 2.05) is 30.2 Å². The lowest BCUT2D eigenvalue weighted by Crippen LogP contribution is -2.36. The summed E-state index contributed by atoms with van der Waals surface area (Å²) in [6, 6.07) is 8.36. The van der Waals surface area contributed by atoms with Gasteiger partial charge in [0.15, 0.2) is 0 Å². The summed E-state index contributed by atoms with van der Waals surface area (Å²) >= 11 is 2.89. The van der Waals surface area contributed by atoms with Gasteiger partial charge in [0.2, 0.25) is 0 Å². The molecule has 0 fully saturated rings. The first-order valence-electron chi connectivity index (χ1n) is 8.66. The SMILES string of the molecule is COC(=O)Cn1c(=Cc2ccncc2)sc(=C2Sc3ccc(F)cc3N2C)c1=N. The molecule has 0 radical (unpaired) electrons. The van der Waals surface area contributed by atoms with E-state index in [0.717, 1.165) is 25.8 Å². The Labute approximate surface area is 174 Å². The van der Waals surface area contributed by atoms with E-state index in [2.05, 4.69) is 4.98 Å². The molecule has 0 bridgehead atoms. The van der Waals surface area contributed by atoms with Crippen LogP contribution in [0.15, 0.2) is 47.6 Å². The van der Waals surface area contributed by atoms with Crippen LogP contribution < -0.4 is 19.6 Å². The molecule has 148 valence electrons. The topological polar surface area (TPSA) is 71.2 Å². The van der Waals surface area contributed by atoms with Gasteiger partial charge in [0, 0.05) is 24.3 Å². The van der Waals surface area contributed by atoms with Gasteiger partial charge in [0.1, 0.15) is 27.4 Å². The predicted molar refractivity (Wildman–Crippen MR) is 111 cm³/mol. The van der Waals surface area contributed by atoms with Crippen molar-refractivity contribution in [2.45, 2.75) is 11.4 Å². The molecule has 0 unspecified atom stereocenters. The zero-order chi connectivity index (χ0) is 20.5. The first-order valence-corrected chi connectivity index (χ1v) is 10.3. The summed E-state index contributed by atoms with van der Waals surface area (Å²) in [6.45, 7) is -0.0635. The number of nitrogens with one attached hydrogen (secondary N) is 1. The Morgan fingerprint density at radius 2 is 2.07 bits per heavy atom. The Kier molecular flexibility index (Phi) is 5.25. The van der Waals surface area contributed by atoms with Crippen LogP contribution in [0.25, 0.3) is 11.1 Å². The van der Waals surface area contributed by atoms with Crippen molar-refractivity contribution in [3.8, 4) is 0 Å². The zero-order valence-electron chi connectivity index (χ0n) is 15.7. The van der Waals surface area contributed by atoms with Gasteiger partial charge in [-0.3, -0.25) is 15.2 Å². The van der Waals surface area contributed by atoms with E-state index in [1.165, 1.54) is 42.3 Å². The third kappa shape index (κ3) is 3.70. The molecule has 3 heterocycles. The molecular weight excluding hydrogens is 411 g/mol. The number of thiazole rings is 1. The fraction of sp³-hybridized carbons (Fsp3) is 0.150. The van der Waals surface area contributed by atoms with Crippen LogP contribution in [-0.4, -0.2) is 29.7 Å². The molecule has 0 atom stereocenters. The van der Waals surface area contributed by atoms with Gasteiger partial charge in [-0.05, 0) is 42.0 Å². The monoisotopic (exact) mass is 428 g/mol. The number of esters is 1. The summed E-state index contributed by atoms with van der Waals surface area (Å²) < 4.78 is 21.6. The van der Waals surface area contributed by atoms with Crippen molar-refractivity contribution >= 4 is 45.9 Å². The molecule has 0 saturated heterocycles.